The number of nitrogens with zero attached hydrogens (tertiary/aromatic N) is 2. The SMILES string of the molecule is CCNC(=NCC1(C(=O)N(C)C)CCCC1)NCCC(C)C. The normalized spacial score (nSPS) is 17.6. The molecule has 0 saturated heterocycles. The van der Waals surface area contributed by atoms with Gasteiger partial charge in [0, 0.05) is 27.2 Å². The molecule has 0 aromatic rings. The van der Waals surface area contributed by atoms with Crippen molar-refractivity contribution in [1.82, 2.24) is 15.5 Å². The number of hydrogen-bond acceptors (Lipinski definition) is 2. The van der Waals surface area contributed by atoms with Crippen LogP contribution in [0.5, 0.6) is 0 Å². The Kier molecular flexibility index (Phi) is 7.69. The molecule has 0 unspecified atom stereocenters. The fourth-order valence-corrected chi connectivity index (χ4v) is 3.02. The molecular weight excluding hydrogens is 276 g/mol. The number of hydrogen-bond donors (Lipinski definition) is 2. The van der Waals surface area contributed by atoms with Crippen LogP contribution in [-0.2, 0) is 4.79 Å². The molecule has 0 heterocycles. The monoisotopic (exact) mass is 310 g/mol. The minimum absolute atomic E-state index is 0.228. The molecule has 1 aliphatic carbocycles. The fourth-order valence-electron chi connectivity index (χ4n) is 3.02. The number of guanidine groups is 1. The van der Waals surface area contributed by atoms with Crippen LogP contribution in [0.1, 0.15) is 52.9 Å². The van der Waals surface area contributed by atoms with Crippen LogP contribution in [0, 0.1) is 11.3 Å². The minimum atomic E-state index is -0.288. The molecule has 0 bridgehead atoms. The van der Waals surface area contributed by atoms with Gasteiger partial charge in [0.1, 0.15) is 0 Å². The summed E-state index contributed by atoms with van der Waals surface area (Å²) in [4.78, 5) is 19.0. The van der Waals surface area contributed by atoms with E-state index in [0.29, 0.717) is 12.5 Å². The summed E-state index contributed by atoms with van der Waals surface area (Å²) in [6.45, 7) is 8.83. The van der Waals surface area contributed by atoms with Crippen LogP contribution in [-0.4, -0.2) is 50.5 Å². The summed E-state index contributed by atoms with van der Waals surface area (Å²) in [7, 11) is 3.69. The molecular formula is C17H34N4O. The molecule has 5 nitrogen and oxygen atoms in total. The van der Waals surface area contributed by atoms with Crippen molar-refractivity contribution in [2.45, 2.75) is 52.9 Å². The molecule has 0 aromatic heterocycles. The van der Waals surface area contributed by atoms with E-state index in [9.17, 15) is 4.79 Å². The Labute approximate surface area is 135 Å². The van der Waals surface area contributed by atoms with Gasteiger partial charge in [0.25, 0.3) is 0 Å². The minimum Gasteiger partial charge on any atom is -0.357 e. The molecule has 0 radical (unpaired) electrons. The van der Waals surface area contributed by atoms with Crippen molar-refractivity contribution in [2.24, 2.45) is 16.3 Å². The van der Waals surface area contributed by atoms with Crippen LogP contribution in [0.3, 0.4) is 0 Å². The van der Waals surface area contributed by atoms with Gasteiger partial charge in [-0.15, -0.1) is 0 Å². The third-order valence-corrected chi connectivity index (χ3v) is 4.32. The van der Waals surface area contributed by atoms with Crippen LogP contribution in [0.15, 0.2) is 4.99 Å². The van der Waals surface area contributed by atoms with Gasteiger partial charge in [0.15, 0.2) is 5.96 Å². The smallest absolute Gasteiger partial charge is 0.230 e. The molecule has 22 heavy (non-hydrogen) atoms. The lowest BCUT2D eigenvalue weighted by atomic mass is 9.85. The van der Waals surface area contributed by atoms with Crippen molar-refractivity contribution in [3.05, 3.63) is 0 Å². The van der Waals surface area contributed by atoms with Gasteiger partial charge < -0.3 is 15.5 Å². The van der Waals surface area contributed by atoms with E-state index in [0.717, 1.165) is 51.2 Å². The lowest BCUT2D eigenvalue weighted by molar-refractivity contribution is -0.138. The Balaban J connectivity index is 2.70. The predicted octanol–water partition coefficient (Wildman–Crippen LogP) is 2.24. The van der Waals surface area contributed by atoms with Crippen LogP contribution in [0.25, 0.3) is 0 Å². The molecule has 0 aliphatic heterocycles. The van der Waals surface area contributed by atoms with Gasteiger partial charge in [-0.1, -0.05) is 26.7 Å². The first-order valence-electron chi connectivity index (χ1n) is 8.65. The second-order valence-electron chi connectivity index (χ2n) is 6.99. The fraction of sp³-hybridized carbons (Fsp3) is 0.882. The summed E-state index contributed by atoms with van der Waals surface area (Å²) in [5.41, 5.74) is -0.288. The number of carbonyl (C=O) groups excluding carboxylic acids is 1. The Morgan fingerprint density at radius 3 is 2.36 bits per heavy atom. The second kappa shape index (κ2) is 9.01. The van der Waals surface area contributed by atoms with Gasteiger partial charge in [-0.05, 0) is 32.1 Å². The number of amides is 1. The Hall–Kier alpha value is -1.26. The molecule has 0 spiro atoms. The summed E-state index contributed by atoms with van der Waals surface area (Å²) in [6.07, 6.45) is 5.29. The van der Waals surface area contributed by atoms with Gasteiger partial charge in [0.2, 0.25) is 5.91 Å². The summed E-state index contributed by atoms with van der Waals surface area (Å²) in [5.74, 6) is 1.74. The molecule has 1 saturated carbocycles. The molecule has 5 heteroatoms. The van der Waals surface area contributed by atoms with E-state index in [1.807, 2.05) is 14.1 Å². The van der Waals surface area contributed by atoms with E-state index in [1.54, 1.807) is 4.90 Å². The second-order valence-corrected chi connectivity index (χ2v) is 6.99. The summed E-state index contributed by atoms with van der Waals surface area (Å²) in [5, 5.41) is 6.65. The number of aliphatic imine (C=N–C) groups is 1. The highest BCUT2D eigenvalue weighted by molar-refractivity contribution is 5.84. The van der Waals surface area contributed by atoms with Crippen LogP contribution < -0.4 is 10.6 Å². The average molecular weight is 310 g/mol. The zero-order chi connectivity index (χ0) is 16.6. The van der Waals surface area contributed by atoms with E-state index < -0.39 is 0 Å². The number of nitrogens with one attached hydrogen (secondary N) is 2. The van der Waals surface area contributed by atoms with Gasteiger partial charge in [-0.25, -0.2) is 0 Å². The number of carbonyl (C=O) groups is 1. The average Bonchev–Trinajstić information content (AvgIpc) is 2.93. The first-order chi connectivity index (χ1) is 10.4. The first-order valence-corrected chi connectivity index (χ1v) is 8.65. The predicted molar refractivity (Wildman–Crippen MR) is 93.0 cm³/mol. The lowest BCUT2D eigenvalue weighted by Crippen LogP contribution is -2.43. The number of rotatable bonds is 7. The highest BCUT2D eigenvalue weighted by atomic mass is 16.2. The maximum absolute atomic E-state index is 12.6. The summed E-state index contributed by atoms with van der Waals surface area (Å²) >= 11 is 0. The van der Waals surface area contributed by atoms with E-state index >= 15 is 0 Å². The quantitative estimate of drug-likeness (QED) is 0.560. The first kappa shape index (κ1) is 18.8. The van der Waals surface area contributed by atoms with Crippen LogP contribution >= 0.6 is 0 Å². The van der Waals surface area contributed by atoms with Gasteiger partial charge >= 0.3 is 0 Å². The highest BCUT2D eigenvalue weighted by Crippen LogP contribution is 2.39. The van der Waals surface area contributed by atoms with E-state index in [2.05, 4.69) is 31.4 Å². The Morgan fingerprint density at radius 2 is 1.86 bits per heavy atom. The highest BCUT2D eigenvalue weighted by Gasteiger charge is 2.41. The van der Waals surface area contributed by atoms with Crippen LogP contribution in [0.4, 0.5) is 0 Å². The van der Waals surface area contributed by atoms with E-state index in [1.165, 1.54) is 0 Å². The molecule has 0 aromatic carbocycles. The van der Waals surface area contributed by atoms with Gasteiger partial charge in [-0.2, -0.15) is 0 Å². The molecule has 0 atom stereocenters. The standard InChI is InChI=1S/C17H34N4O/c1-6-18-16(19-12-9-14(2)3)20-13-17(10-7-8-11-17)15(22)21(4)5/h14H,6-13H2,1-5H3,(H2,18,19,20). The van der Waals surface area contributed by atoms with Crippen molar-refractivity contribution in [3.63, 3.8) is 0 Å². The molecule has 1 aliphatic rings. The third-order valence-electron chi connectivity index (χ3n) is 4.32. The van der Waals surface area contributed by atoms with E-state index in [4.69, 9.17) is 4.99 Å². The third kappa shape index (κ3) is 5.50. The van der Waals surface area contributed by atoms with Crippen molar-refractivity contribution < 1.29 is 4.79 Å². The molecule has 128 valence electrons. The molecule has 1 rings (SSSR count). The topological polar surface area (TPSA) is 56.7 Å². The molecule has 1 amide bonds. The Bertz CT molecular complexity index is 371. The zero-order valence-corrected chi connectivity index (χ0v) is 15.0. The largest absolute Gasteiger partial charge is 0.357 e. The van der Waals surface area contributed by atoms with Crippen molar-refractivity contribution in [3.8, 4) is 0 Å². The maximum Gasteiger partial charge on any atom is 0.230 e. The van der Waals surface area contributed by atoms with Crippen molar-refractivity contribution in [2.75, 3.05) is 33.7 Å². The maximum atomic E-state index is 12.6. The van der Waals surface area contributed by atoms with Gasteiger partial charge in [-0.3, -0.25) is 9.79 Å². The van der Waals surface area contributed by atoms with Crippen molar-refractivity contribution >= 4 is 11.9 Å². The van der Waals surface area contributed by atoms with Gasteiger partial charge in [0.05, 0.1) is 12.0 Å². The zero-order valence-electron chi connectivity index (χ0n) is 15.0. The molecule has 2 N–H and O–H groups in total. The van der Waals surface area contributed by atoms with E-state index in [-0.39, 0.29) is 11.3 Å². The summed E-state index contributed by atoms with van der Waals surface area (Å²) < 4.78 is 0. The lowest BCUT2D eigenvalue weighted by Gasteiger charge is -2.29. The van der Waals surface area contributed by atoms with Crippen molar-refractivity contribution in [1.29, 1.82) is 0 Å². The molecule has 1 fully saturated rings. The van der Waals surface area contributed by atoms with Crippen LogP contribution in [0.2, 0.25) is 0 Å². The summed E-state index contributed by atoms with van der Waals surface area (Å²) in [6, 6.07) is 0. The Morgan fingerprint density at radius 1 is 1.23 bits per heavy atom.